The SMILES string of the molecule is CCC(Oc1cc(C)cc(C)c1)C(=O)NC1CCCc2ccccc21. The highest BCUT2D eigenvalue weighted by Crippen LogP contribution is 2.29. The second kappa shape index (κ2) is 7.73. The number of aryl methyl sites for hydroxylation is 3. The summed E-state index contributed by atoms with van der Waals surface area (Å²) in [5.41, 5.74) is 4.89. The van der Waals surface area contributed by atoms with Crippen LogP contribution in [-0.2, 0) is 11.2 Å². The van der Waals surface area contributed by atoms with E-state index in [9.17, 15) is 4.79 Å². The van der Waals surface area contributed by atoms with Crippen LogP contribution in [0, 0.1) is 13.8 Å². The van der Waals surface area contributed by atoms with Crippen LogP contribution in [0.2, 0.25) is 0 Å². The van der Waals surface area contributed by atoms with Crippen molar-refractivity contribution in [2.24, 2.45) is 0 Å². The molecular weight excluding hydrogens is 310 g/mol. The molecule has 25 heavy (non-hydrogen) atoms. The molecular formula is C22H27NO2. The summed E-state index contributed by atoms with van der Waals surface area (Å²) in [5, 5.41) is 3.21. The molecule has 2 atom stereocenters. The van der Waals surface area contributed by atoms with E-state index in [1.165, 1.54) is 11.1 Å². The molecule has 0 heterocycles. The van der Waals surface area contributed by atoms with Crippen LogP contribution < -0.4 is 10.1 Å². The predicted molar refractivity (Wildman–Crippen MR) is 101 cm³/mol. The molecule has 0 fully saturated rings. The summed E-state index contributed by atoms with van der Waals surface area (Å²) >= 11 is 0. The molecule has 3 rings (SSSR count). The van der Waals surface area contributed by atoms with Gasteiger partial charge in [-0.25, -0.2) is 0 Å². The maximum absolute atomic E-state index is 12.8. The van der Waals surface area contributed by atoms with Crippen LogP contribution in [0.1, 0.15) is 54.5 Å². The van der Waals surface area contributed by atoms with Gasteiger partial charge in [0.2, 0.25) is 0 Å². The van der Waals surface area contributed by atoms with Crippen molar-refractivity contribution < 1.29 is 9.53 Å². The largest absolute Gasteiger partial charge is 0.481 e. The van der Waals surface area contributed by atoms with Crippen molar-refractivity contribution in [2.45, 2.75) is 58.6 Å². The van der Waals surface area contributed by atoms with E-state index in [-0.39, 0.29) is 11.9 Å². The summed E-state index contributed by atoms with van der Waals surface area (Å²) in [7, 11) is 0. The molecule has 1 amide bonds. The van der Waals surface area contributed by atoms with Gasteiger partial charge in [0, 0.05) is 0 Å². The van der Waals surface area contributed by atoms with Gasteiger partial charge in [0.15, 0.2) is 6.10 Å². The zero-order valence-corrected chi connectivity index (χ0v) is 15.3. The fourth-order valence-corrected chi connectivity index (χ4v) is 3.66. The first-order valence-corrected chi connectivity index (χ1v) is 9.20. The Bertz CT molecular complexity index is 733. The molecule has 1 N–H and O–H groups in total. The Morgan fingerprint density at radius 3 is 2.64 bits per heavy atom. The topological polar surface area (TPSA) is 38.3 Å². The summed E-state index contributed by atoms with van der Waals surface area (Å²) < 4.78 is 6.00. The Labute approximate surface area is 150 Å². The minimum atomic E-state index is -0.463. The summed E-state index contributed by atoms with van der Waals surface area (Å²) in [5.74, 6) is 0.743. The lowest BCUT2D eigenvalue weighted by Gasteiger charge is -2.28. The second-order valence-corrected chi connectivity index (χ2v) is 6.99. The summed E-state index contributed by atoms with van der Waals surface area (Å²) in [6.45, 7) is 6.07. The van der Waals surface area contributed by atoms with Gasteiger partial charge in [-0.1, -0.05) is 37.3 Å². The number of fused-ring (bicyclic) bond motifs is 1. The zero-order chi connectivity index (χ0) is 17.8. The van der Waals surface area contributed by atoms with Crippen molar-refractivity contribution in [1.82, 2.24) is 5.32 Å². The summed E-state index contributed by atoms with van der Waals surface area (Å²) in [4.78, 5) is 12.8. The Kier molecular flexibility index (Phi) is 5.42. The van der Waals surface area contributed by atoms with Gasteiger partial charge >= 0.3 is 0 Å². The molecule has 3 nitrogen and oxygen atoms in total. The lowest BCUT2D eigenvalue weighted by molar-refractivity contribution is -0.129. The minimum absolute atomic E-state index is 0.0247. The zero-order valence-electron chi connectivity index (χ0n) is 15.3. The third-order valence-electron chi connectivity index (χ3n) is 4.82. The monoisotopic (exact) mass is 337 g/mol. The van der Waals surface area contributed by atoms with E-state index in [2.05, 4.69) is 29.6 Å². The normalized spacial score (nSPS) is 17.5. The summed E-state index contributed by atoms with van der Waals surface area (Å²) in [6, 6.07) is 14.6. The van der Waals surface area contributed by atoms with Gasteiger partial charge in [0.25, 0.3) is 5.91 Å². The van der Waals surface area contributed by atoms with Gasteiger partial charge in [0.1, 0.15) is 5.75 Å². The van der Waals surface area contributed by atoms with Gasteiger partial charge in [-0.05, 0) is 73.9 Å². The lowest BCUT2D eigenvalue weighted by Crippen LogP contribution is -2.41. The number of hydrogen-bond donors (Lipinski definition) is 1. The highest BCUT2D eigenvalue weighted by Gasteiger charge is 2.25. The fraction of sp³-hybridized carbons (Fsp3) is 0.409. The van der Waals surface area contributed by atoms with Crippen LogP contribution in [0.5, 0.6) is 5.75 Å². The van der Waals surface area contributed by atoms with Crippen LogP contribution in [-0.4, -0.2) is 12.0 Å². The van der Waals surface area contributed by atoms with Gasteiger partial charge in [0.05, 0.1) is 6.04 Å². The number of rotatable bonds is 5. The van der Waals surface area contributed by atoms with E-state index in [4.69, 9.17) is 4.74 Å². The number of nitrogens with one attached hydrogen (secondary N) is 1. The number of amides is 1. The van der Waals surface area contributed by atoms with Crippen molar-refractivity contribution >= 4 is 5.91 Å². The molecule has 2 aromatic rings. The molecule has 1 aliphatic carbocycles. The van der Waals surface area contributed by atoms with Gasteiger partial charge in [-0.3, -0.25) is 4.79 Å². The first-order valence-electron chi connectivity index (χ1n) is 9.20. The number of carbonyl (C=O) groups excluding carboxylic acids is 1. The number of benzene rings is 2. The molecule has 0 saturated carbocycles. The number of hydrogen-bond acceptors (Lipinski definition) is 2. The number of ether oxygens (including phenoxy) is 1. The predicted octanol–water partition coefficient (Wildman–Crippen LogP) is 4.65. The molecule has 132 valence electrons. The molecule has 0 aliphatic heterocycles. The molecule has 3 heteroatoms. The Morgan fingerprint density at radius 1 is 1.20 bits per heavy atom. The molecule has 0 aromatic heterocycles. The summed E-state index contributed by atoms with van der Waals surface area (Å²) in [6.07, 6.45) is 3.38. The third kappa shape index (κ3) is 4.22. The Hall–Kier alpha value is -2.29. The van der Waals surface area contributed by atoms with E-state index >= 15 is 0 Å². The van der Waals surface area contributed by atoms with Gasteiger partial charge < -0.3 is 10.1 Å². The molecule has 2 aromatic carbocycles. The Balaban J connectivity index is 1.71. The molecule has 0 radical (unpaired) electrons. The average molecular weight is 337 g/mol. The van der Waals surface area contributed by atoms with E-state index < -0.39 is 6.10 Å². The van der Waals surface area contributed by atoms with Crippen molar-refractivity contribution in [1.29, 1.82) is 0 Å². The van der Waals surface area contributed by atoms with Crippen LogP contribution in [0.15, 0.2) is 42.5 Å². The van der Waals surface area contributed by atoms with E-state index in [1.54, 1.807) is 0 Å². The molecule has 0 saturated heterocycles. The van der Waals surface area contributed by atoms with Crippen LogP contribution in [0.25, 0.3) is 0 Å². The average Bonchev–Trinajstić information content (AvgIpc) is 2.59. The fourth-order valence-electron chi connectivity index (χ4n) is 3.66. The Morgan fingerprint density at radius 2 is 1.92 bits per heavy atom. The molecule has 0 bridgehead atoms. The van der Waals surface area contributed by atoms with Crippen LogP contribution in [0.4, 0.5) is 0 Å². The number of carbonyl (C=O) groups is 1. The first kappa shape index (κ1) is 17.5. The standard InChI is InChI=1S/C22H27NO2/c1-4-21(25-18-13-15(2)12-16(3)14-18)22(24)23-20-11-7-9-17-8-5-6-10-19(17)20/h5-6,8,10,12-14,20-21H,4,7,9,11H2,1-3H3,(H,23,24). The molecule has 1 aliphatic rings. The smallest absolute Gasteiger partial charge is 0.261 e. The van der Waals surface area contributed by atoms with E-state index in [0.717, 1.165) is 36.1 Å². The van der Waals surface area contributed by atoms with Crippen LogP contribution in [0.3, 0.4) is 0 Å². The van der Waals surface area contributed by atoms with Crippen molar-refractivity contribution in [2.75, 3.05) is 0 Å². The molecule has 2 unspecified atom stereocenters. The molecule has 0 spiro atoms. The van der Waals surface area contributed by atoms with E-state index in [0.29, 0.717) is 6.42 Å². The highest BCUT2D eigenvalue weighted by atomic mass is 16.5. The quantitative estimate of drug-likeness (QED) is 0.862. The van der Waals surface area contributed by atoms with E-state index in [1.807, 2.05) is 39.0 Å². The maximum atomic E-state index is 12.8. The van der Waals surface area contributed by atoms with Gasteiger partial charge in [-0.15, -0.1) is 0 Å². The van der Waals surface area contributed by atoms with Crippen LogP contribution >= 0.6 is 0 Å². The van der Waals surface area contributed by atoms with Crippen molar-refractivity contribution in [3.05, 3.63) is 64.7 Å². The first-order chi connectivity index (χ1) is 12.1. The maximum Gasteiger partial charge on any atom is 0.261 e. The minimum Gasteiger partial charge on any atom is -0.481 e. The third-order valence-corrected chi connectivity index (χ3v) is 4.82. The highest BCUT2D eigenvalue weighted by molar-refractivity contribution is 5.81. The lowest BCUT2D eigenvalue weighted by atomic mass is 9.87. The van der Waals surface area contributed by atoms with Crippen molar-refractivity contribution in [3.8, 4) is 5.75 Å². The van der Waals surface area contributed by atoms with Crippen molar-refractivity contribution in [3.63, 3.8) is 0 Å². The van der Waals surface area contributed by atoms with Gasteiger partial charge in [-0.2, -0.15) is 0 Å². The second-order valence-electron chi connectivity index (χ2n) is 6.99.